The van der Waals surface area contributed by atoms with Crippen molar-refractivity contribution in [2.24, 2.45) is 0 Å². The zero-order chi connectivity index (χ0) is 10.7. The van der Waals surface area contributed by atoms with Gasteiger partial charge in [0.1, 0.15) is 0 Å². The molecule has 0 spiro atoms. The summed E-state index contributed by atoms with van der Waals surface area (Å²) in [6.07, 6.45) is 2.59. The summed E-state index contributed by atoms with van der Waals surface area (Å²) in [5, 5.41) is 5.90. The van der Waals surface area contributed by atoms with Gasteiger partial charge in [-0.05, 0) is 19.4 Å². The number of carbonyl (C=O) groups excluding carboxylic acids is 2. The van der Waals surface area contributed by atoms with Gasteiger partial charge in [0.15, 0.2) is 0 Å². The Hall–Kier alpha value is -1.10. The topological polar surface area (TPSA) is 61.4 Å². The van der Waals surface area contributed by atoms with Crippen LogP contribution in [0.3, 0.4) is 0 Å². The van der Waals surface area contributed by atoms with Crippen LogP contribution in [0.1, 0.15) is 19.3 Å². The minimum atomic E-state index is -0.0189. The molecule has 5 heteroatoms. The van der Waals surface area contributed by atoms with Gasteiger partial charge in [-0.25, -0.2) is 0 Å². The summed E-state index contributed by atoms with van der Waals surface area (Å²) in [4.78, 5) is 24.7. The van der Waals surface area contributed by atoms with Gasteiger partial charge in [-0.1, -0.05) is 0 Å². The van der Waals surface area contributed by atoms with Gasteiger partial charge in [0, 0.05) is 25.6 Å². The van der Waals surface area contributed by atoms with E-state index >= 15 is 0 Å². The Morgan fingerprint density at radius 2 is 2.20 bits per heavy atom. The largest absolute Gasteiger partial charge is 0.347 e. The molecule has 15 heavy (non-hydrogen) atoms. The van der Waals surface area contributed by atoms with E-state index in [1.54, 1.807) is 0 Å². The summed E-state index contributed by atoms with van der Waals surface area (Å²) in [7, 11) is 0. The molecular formula is C10H17N3O2. The highest BCUT2D eigenvalue weighted by molar-refractivity contribution is 5.87. The molecule has 0 saturated carbocycles. The molecule has 1 unspecified atom stereocenters. The molecule has 0 bridgehead atoms. The van der Waals surface area contributed by atoms with E-state index in [1.165, 1.54) is 0 Å². The van der Waals surface area contributed by atoms with Crippen LogP contribution in [0.2, 0.25) is 0 Å². The maximum Gasteiger partial charge on any atom is 0.242 e. The number of carbonyl (C=O) groups is 2. The second-order valence-electron chi connectivity index (χ2n) is 4.11. The number of nitrogens with one attached hydrogen (secondary N) is 2. The number of hydrogen-bond donors (Lipinski definition) is 2. The van der Waals surface area contributed by atoms with Crippen LogP contribution in [0.4, 0.5) is 0 Å². The lowest BCUT2D eigenvalue weighted by Crippen LogP contribution is -2.49. The number of nitrogens with zero attached hydrogens (tertiary/aromatic N) is 1. The smallest absolute Gasteiger partial charge is 0.242 e. The minimum Gasteiger partial charge on any atom is -0.347 e. The molecule has 2 rings (SSSR count). The molecule has 0 aromatic rings. The van der Waals surface area contributed by atoms with Gasteiger partial charge in [0.25, 0.3) is 0 Å². The van der Waals surface area contributed by atoms with Crippen molar-refractivity contribution in [1.29, 1.82) is 0 Å². The van der Waals surface area contributed by atoms with E-state index in [1.807, 2.05) is 4.90 Å². The van der Waals surface area contributed by atoms with Gasteiger partial charge in [0.05, 0.1) is 6.54 Å². The van der Waals surface area contributed by atoms with Gasteiger partial charge in [-0.2, -0.15) is 0 Å². The standard InChI is InChI=1S/C10H17N3O2/c14-9-3-5-13(10(15)7-12-9)8-2-1-4-11-6-8/h8,11H,1-7H2,(H,12,14). The van der Waals surface area contributed by atoms with Crippen LogP contribution in [0.15, 0.2) is 0 Å². The second kappa shape index (κ2) is 4.61. The van der Waals surface area contributed by atoms with Crippen molar-refractivity contribution in [3.63, 3.8) is 0 Å². The molecule has 1 atom stereocenters. The molecule has 0 aliphatic carbocycles. The second-order valence-corrected chi connectivity index (χ2v) is 4.11. The van der Waals surface area contributed by atoms with E-state index in [9.17, 15) is 9.59 Å². The number of hydrogen-bond acceptors (Lipinski definition) is 3. The number of piperidine rings is 1. The summed E-state index contributed by atoms with van der Waals surface area (Å²) >= 11 is 0. The third-order valence-corrected chi connectivity index (χ3v) is 3.05. The van der Waals surface area contributed by atoms with Crippen molar-refractivity contribution >= 4 is 11.8 Å². The zero-order valence-electron chi connectivity index (χ0n) is 8.79. The predicted molar refractivity (Wildman–Crippen MR) is 55.2 cm³/mol. The molecule has 2 N–H and O–H groups in total. The highest BCUT2D eigenvalue weighted by Gasteiger charge is 2.27. The fourth-order valence-electron chi connectivity index (χ4n) is 2.20. The molecule has 2 aliphatic rings. The van der Waals surface area contributed by atoms with Crippen LogP contribution in [-0.2, 0) is 9.59 Å². The lowest BCUT2D eigenvalue weighted by molar-refractivity contribution is -0.132. The van der Waals surface area contributed by atoms with E-state index in [4.69, 9.17) is 0 Å². The van der Waals surface area contributed by atoms with E-state index in [-0.39, 0.29) is 24.4 Å². The minimum absolute atomic E-state index is 0.0189. The molecule has 0 aromatic heterocycles. The van der Waals surface area contributed by atoms with E-state index in [0.29, 0.717) is 13.0 Å². The summed E-state index contributed by atoms with van der Waals surface area (Å²) < 4.78 is 0. The fraction of sp³-hybridized carbons (Fsp3) is 0.800. The quantitative estimate of drug-likeness (QED) is 0.590. The zero-order valence-corrected chi connectivity index (χ0v) is 8.79. The Bertz CT molecular complexity index is 261. The third kappa shape index (κ3) is 2.47. The Morgan fingerprint density at radius 1 is 1.33 bits per heavy atom. The van der Waals surface area contributed by atoms with Crippen LogP contribution in [0, 0.1) is 0 Å². The Kier molecular flexibility index (Phi) is 3.20. The monoisotopic (exact) mass is 211 g/mol. The molecule has 2 fully saturated rings. The summed E-state index contributed by atoms with van der Waals surface area (Å²) in [6, 6.07) is 0.277. The average Bonchev–Trinajstić information content (AvgIpc) is 2.43. The highest BCUT2D eigenvalue weighted by Crippen LogP contribution is 2.12. The van der Waals surface area contributed by atoms with Crippen LogP contribution < -0.4 is 10.6 Å². The molecule has 2 heterocycles. The molecule has 2 amide bonds. The van der Waals surface area contributed by atoms with Crippen LogP contribution in [-0.4, -0.2) is 48.9 Å². The van der Waals surface area contributed by atoms with Crippen molar-refractivity contribution in [2.75, 3.05) is 26.2 Å². The first kappa shape index (κ1) is 10.4. The summed E-state index contributed by atoms with van der Waals surface area (Å²) in [5.74, 6) is 0.0316. The highest BCUT2D eigenvalue weighted by atomic mass is 16.2. The lowest BCUT2D eigenvalue weighted by Gasteiger charge is -2.33. The van der Waals surface area contributed by atoms with E-state index in [0.717, 1.165) is 25.9 Å². The first-order valence-electron chi connectivity index (χ1n) is 5.54. The summed E-state index contributed by atoms with van der Waals surface area (Å²) in [6.45, 7) is 2.63. The lowest BCUT2D eigenvalue weighted by atomic mass is 10.1. The molecule has 0 radical (unpaired) electrons. The molecule has 2 saturated heterocycles. The van der Waals surface area contributed by atoms with E-state index in [2.05, 4.69) is 10.6 Å². The average molecular weight is 211 g/mol. The Labute approximate surface area is 89.2 Å². The van der Waals surface area contributed by atoms with Gasteiger partial charge < -0.3 is 15.5 Å². The van der Waals surface area contributed by atoms with Gasteiger partial charge in [0.2, 0.25) is 11.8 Å². The van der Waals surface area contributed by atoms with Crippen LogP contribution in [0.25, 0.3) is 0 Å². The fourth-order valence-corrected chi connectivity index (χ4v) is 2.20. The Balaban J connectivity index is 1.99. The normalized spacial score (nSPS) is 28.5. The van der Waals surface area contributed by atoms with Crippen molar-refractivity contribution in [1.82, 2.24) is 15.5 Å². The van der Waals surface area contributed by atoms with Crippen molar-refractivity contribution in [3.05, 3.63) is 0 Å². The Morgan fingerprint density at radius 3 is 2.93 bits per heavy atom. The van der Waals surface area contributed by atoms with E-state index < -0.39 is 0 Å². The van der Waals surface area contributed by atoms with Crippen LogP contribution in [0.5, 0.6) is 0 Å². The van der Waals surface area contributed by atoms with Crippen molar-refractivity contribution in [2.45, 2.75) is 25.3 Å². The molecule has 0 aromatic carbocycles. The van der Waals surface area contributed by atoms with Gasteiger partial charge in [-0.15, -0.1) is 0 Å². The first-order chi connectivity index (χ1) is 7.27. The van der Waals surface area contributed by atoms with Crippen LogP contribution >= 0.6 is 0 Å². The van der Waals surface area contributed by atoms with Crippen molar-refractivity contribution in [3.8, 4) is 0 Å². The molecule has 5 nitrogen and oxygen atoms in total. The SMILES string of the molecule is O=C1CCN(C2CCCNC2)C(=O)CN1. The molecular weight excluding hydrogens is 194 g/mol. The van der Waals surface area contributed by atoms with Gasteiger partial charge in [-0.3, -0.25) is 9.59 Å². The molecule has 84 valence electrons. The maximum atomic E-state index is 11.7. The van der Waals surface area contributed by atoms with Crippen molar-refractivity contribution < 1.29 is 9.59 Å². The predicted octanol–water partition coefficient (Wildman–Crippen LogP) is -0.913. The number of amides is 2. The molecule has 2 aliphatic heterocycles. The summed E-state index contributed by atoms with van der Waals surface area (Å²) in [5.41, 5.74) is 0. The maximum absolute atomic E-state index is 11.7. The first-order valence-corrected chi connectivity index (χ1v) is 5.54. The number of rotatable bonds is 1. The third-order valence-electron chi connectivity index (χ3n) is 3.05. The van der Waals surface area contributed by atoms with Gasteiger partial charge >= 0.3 is 0 Å².